The van der Waals surface area contributed by atoms with Crippen molar-refractivity contribution in [3.63, 3.8) is 0 Å². The molecule has 0 aliphatic heterocycles. The van der Waals surface area contributed by atoms with Crippen LogP contribution in [0.3, 0.4) is 0 Å². The molecule has 0 saturated heterocycles. The van der Waals surface area contributed by atoms with E-state index in [2.05, 4.69) is 25.3 Å². The van der Waals surface area contributed by atoms with Crippen LogP contribution in [-0.4, -0.2) is 24.9 Å². The molecule has 1 aromatic carbocycles. The van der Waals surface area contributed by atoms with Crippen molar-refractivity contribution in [1.29, 1.82) is 0 Å². The molecular formula is C16H10N6O3S. The van der Waals surface area contributed by atoms with Crippen LogP contribution in [0.2, 0.25) is 0 Å². The second-order valence-electron chi connectivity index (χ2n) is 5.04. The summed E-state index contributed by atoms with van der Waals surface area (Å²) in [6.07, 6.45) is 4.20. The molecule has 10 heteroatoms. The summed E-state index contributed by atoms with van der Waals surface area (Å²) in [6, 6.07) is 10.8. The molecule has 0 aliphatic carbocycles. The number of aromatic nitrogens is 4. The van der Waals surface area contributed by atoms with Crippen LogP contribution in [0, 0.1) is 10.1 Å². The van der Waals surface area contributed by atoms with Crippen LogP contribution in [0.1, 0.15) is 0 Å². The Morgan fingerprint density at radius 1 is 1.15 bits per heavy atom. The number of pyridine rings is 1. The lowest BCUT2D eigenvalue weighted by molar-refractivity contribution is -0.385. The quantitative estimate of drug-likeness (QED) is 0.417. The first-order valence-electron chi connectivity index (χ1n) is 7.40. The standard InChI is InChI=1S/C16H10N6O3S/c23-22(24)13-14(21-16-20-11-5-1-2-6-12(11)26-16)18-9-19-15(13)25-10-4-3-7-17-8-10/h1-9H,(H,18,19,20,21). The number of nitro groups is 1. The van der Waals surface area contributed by atoms with Crippen molar-refractivity contribution in [3.8, 4) is 11.6 Å². The molecule has 0 fully saturated rings. The minimum atomic E-state index is -0.596. The molecule has 0 atom stereocenters. The maximum Gasteiger partial charge on any atom is 0.373 e. The van der Waals surface area contributed by atoms with Gasteiger partial charge in [-0.05, 0) is 24.3 Å². The molecule has 3 aromatic heterocycles. The number of para-hydroxylation sites is 1. The maximum absolute atomic E-state index is 11.6. The second-order valence-corrected chi connectivity index (χ2v) is 6.07. The summed E-state index contributed by atoms with van der Waals surface area (Å²) in [4.78, 5) is 27.1. The summed E-state index contributed by atoms with van der Waals surface area (Å²) in [5, 5.41) is 14.9. The van der Waals surface area contributed by atoms with Gasteiger partial charge in [0.25, 0.3) is 0 Å². The van der Waals surface area contributed by atoms with Gasteiger partial charge in [0.15, 0.2) is 5.13 Å². The summed E-state index contributed by atoms with van der Waals surface area (Å²) < 4.78 is 6.45. The number of hydrogen-bond acceptors (Lipinski definition) is 9. The van der Waals surface area contributed by atoms with Crippen molar-refractivity contribution in [3.05, 3.63) is 65.2 Å². The van der Waals surface area contributed by atoms with E-state index in [1.165, 1.54) is 23.9 Å². The highest BCUT2D eigenvalue weighted by Crippen LogP contribution is 2.36. The van der Waals surface area contributed by atoms with Gasteiger partial charge in [-0.2, -0.15) is 4.98 Å². The topological polar surface area (TPSA) is 116 Å². The number of rotatable bonds is 5. The fourth-order valence-electron chi connectivity index (χ4n) is 2.24. The lowest BCUT2D eigenvalue weighted by Gasteiger charge is -2.07. The third-order valence-electron chi connectivity index (χ3n) is 3.34. The Bertz CT molecular complexity index is 1050. The number of anilines is 2. The first-order chi connectivity index (χ1) is 12.7. The summed E-state index contributed by atoms with van der Waals surface area (Å²) >= 11 is 1.37. The predicted octanol–water partition coefficient (Wildman–Crippen LogP) is 3.93. The molecule has 128 valence electrons. The van der Waals surface area contributed by atoms with Crippen molar-refractivity contribution < 1.29 is 9.66 Å². The van der Waals surface area contributed by atoms with Gasteiger partial charge in [0.05, 0.1) is 21.3 Å². The largest absolute Gasteiger partial charge is 0.432 e. The number of thiazole rings is 1. The Morgan fingerprint density at radius 3 is 2.81 bits per heavy atom. The highest BCUT2D eigenvalue weighted by molar-refractivity contribution is 7.22. The van der Waals surface area contributed by atoms with Crippen LogP contribution in [0.25, 0.3) is 10.2 Å². The van der Waals surface area contributed by atoms with Crippen molar-refractivity contribution in [2.75, 3.05) is 5.32 Å². The van der Waals surface area contributed by atoms with E-state index in [9.17, 15) is 10.1 Å². The zero-order chi connectivity index (χ0) is 17.9. The van der Waals surface area contributed by atoms with Crippen molar-refractivity contribution >= 4 is 38.2 Å². The van der Waals surface area contributed by atoms with E-state index in [4.69, 9.17) is 4.74 Å². The van der Waals surface area contributed by atoms with Crippen LogP contribution < -0.4 is 10.1 Å². The van der Waals surface area contributed by atoms with Crippen LogP contribution in [0.5, 0.6) is 11.6 Å². The molecule has 9 nitrogen and oxygen atoms in total. The molecule has 0 amide bonds. The smallest absolute Gasteiger partial charge is 0.373 e. The SMILES string of the molecule is O=[N+]([O-])c1c(Nc2nc3ccccc3s2)ncnc1Oc1cccnc1. The molecule has 0 aliphatic rings. The van der Waals surface area contributed by atoms with Crippen molar-refractivity contribution in [2.24, 2.45) is 0 Å². The molecule has 0 radical (unpaired) electrons. The van der Waals surface area contributed by atoms with Gasteiger partial charge in [0, 0.05) is 6.20 Å². The molecule has 0 unspecified atom stereocenters. The van der Waals surface area contributed by atoms with E-state index < -0.39 is 4.92 Å². The van der Waals surface area contributed by atoms with Crippen molar-refractivity contribution in [2.45, 2.75) is 0 Å². The van der Waals surface area contributed by atoms with E-state index in [0.29, 0.717) is 10.9 Å². The fraction of sp³-hybridized carbons (Fsp3) is 0. The molecule has 4 aromatic rings. The first kappa shape index (κ1) is 15.8. The lowest BCUT2D eigenvalue weighted by atomic mass is 10.3. The number of benzene rings is 1. The van der Waals surface area contributed by atoms with Gasteiger partial charge >= 0.3 is 11.6 Å². The number of hydrogen-bond donors (Lipinski definition) is 1. The summed E-state index contributed by atoms with van der Waals surface area (Å²) in [5.74, 6) is 0.157. The van der Waals surface area contributed by atoms with Crippen LogP contribution >= 0.6 is 11.3 Å². The number of fused-ring (bicyclic) bond motifs is 1. The molecular weight excluding hydrogens is 356 g/mol. The Labute approximate surface area is 150 Å². The fourth-order valence-corrected chi connectivity index (χ4v) is 3.10. The zero-order valence-corrected chi connectivity index (χ0v) is 13.9. The second kappa shape index (κ2) is 6.69. The van der Waals surface area contributed by atoms with Gasteiger partial charge in [-0.1, -0.05) is 23.5 Å². The number of nitrogens with one attached hydrogen (secondary N) is 1. The summed E-state index contributed by atoms with van der Waals surface area (Å²) in [6.45, 7) is 0. The maximum atomic E-state index is 11.6. The molecule has 0 bridgehead atoms. The minimum Gasteiger partial charge on any atom is -0.432 e. The van der Waals surface area contributed by atoms with E-state index in [1.54, 1.807) is 18.3 Å². The van der Waals surface area contributed by atoms with E-state index >= 15 is 0 Å². The Balaban J connectivity index is 1.71. The number of nitrogens with zero attached hydrogens (tertiary/aromatic N) is 5. The average molecular weight is 366 g/mol. The van der Waals surface area contributed by atoms with Crippen LogP contribution in [0.15, 0.2) is 55.1 Å². The third-order valence-corrected chi connectivity index (χ3v) is 4.29. The molecule has 0 spiro atoms. The minimum absolute atomic E-state index is 0.00273. The monoisotopic (exact) mass is 366 g/mol. The molecule has 26 heavy (non-hydrogen) atoms. The van der Waals surface area contributed by atoms with Crippen molar-refractivity contribution in [1.82, 2.24) is 19.9 Å². The Kier molecular flexibility index (Phi) is 4.07. The number of ether oxygens (including phenoxy) is 1. The third kappa shape index (κ3) is 3.13. The predicted molar refractivity (Wildman–Crippen MR) is 95.9 cm³/mol. The van der Waals surface area contributed by atoms with Gasteiger partial charge < -0.3 is 10.1 Å². The van der Waals surface area contributed by atoms with Gasteiger partial charge in [-0.3, -0.25) is 15.1 Å². The molecule has 4 rings (SSSR count). The van der Waals surface area contributed by atoms with E-state index in [0.717, 1.165) is 10.2 Å². The average Bonchev–Trinajstić information content (AvgIpc) is 3.05. The summed E-state index contributed by atoms with van der Waals surface area (Å²) in [7, 11) is 0. The van der Waals surface area contributed by atoms with Gasteiger partial charge in [0.2, 0.25) is 5.82 Å². The zero-order valence-electron chi connectivity index (χ0n) is 13.1. The van der Waals surface area contributed by atoms with Gasteiger partial charge in [-0.25, -0.2) is 9.97 Å². The Hall–Kier alpha value is -3.66. The van der Waals surface area contributed by atoms with Crippen LogP contribution in [-0.2, 0) is 0 Å². The normalized spacial score (nSPS) is 10.6. The Morgan fingerprint density at radius 2 is 2.04 bits per heavy atom. The van der Waals surface area contributed by atoms with Gasteiger partial charge in [0.1, 0.15) is 12.1 Å². The highest BCUT2D eigenvalue weighted by atomic mass is 32.1. The highest BCUT2D eigenvalue weighted by Gasteiger charge is 2.26. The van der Waals surface area contributed by atoms with E-state index in [-0.39, 0.29) is 17.4 Å². The molecule has 0 saturated carbocycles. The van der Waals surface area contributed by atoms with Crippen LogP contribution in [0.4, 0.5) is 16.6 Å². The first-order valence-corrected chi connectivity index (χ1v) is 8.22. The lowest BCUT2D eigenvalue weighted by Crippen LogP contribution is -2.03. The molecule has 3 heterocycles. The van der Waals surface area contributed by atoms with E-state index in [1.807, 2.05) is 24.3 Å². The molecule has 1 N–H and O–H groups in total. The van der Waals surface area contributed by atoms with Gasteiger partial charge in [-0.15, -0.1) is 0 Å². The summed E-state index contributed by atoms with van der Waals surface area (Å²) in [5.41, 5.74) is 0.416.